The summed E-state index contributed by atoms with van der Waals surface area (Å²) in [6.45, 7) is 1.97. The van der Waals surface area contributed by atoms with Gasteiger partial charge in [-0.2, -0.15) is 10.5 Å². The van der Waals surface area contributed by atoms with Crippen LogP contribution in [0.3, 0.4) is 0 Å². The second-order valence-corrected chi connectivity index (χ2v) is 5.78. The topological polar surface area (TPSA) is 52.5 Å². The fraction of sp³-hybridized carbons (Fsp3) is 0.0476. The van der Waals surface area contributed by atoms with Crippen LogP contribution >= 0.6 is 0 Å². The summed E-state index contributed by atoms with van der Waals surface area (Å²) in [4.78, 5) is 0. The van der Waals surface area contributed by atoms with Gasteiger partial charge in [-0.1, -0.05) is 36.4 Å². The Labute approximate surface area is 139 Å². The molecule has 0 amide bonds. The second-order valence-electron chi connectivity index (χ2n) is 5.78. The third kappa shape index (κ3) is 1.89. The van der Waals surface area contributed by atoms with Gasteiger partial charge in [-0.25, -0.2) is 0 Å². The lowest BCUT2D eigenvalue weighted by Crippen LogP contribution is -1.99. The minimum Gasteiger partial charge on any atom is -0.309 e. The first-order valence-electron chi connectivity index (χ1n) is 7.68. The van der Waals surface area contributed by atoms with Crippen molar-refractivity contribution < 1.29 is 0 Å². The van der Waals surface area contributed by atoms with E-state index in [2.05, 4.69) is 41.0 Å². The van der Waals surface area contributed by atoms with E-state index < -0.39 is 0 Å². The number of aryl methyl sites for hydroxylation is 1. The van der Waals surface area contributed by atoms with Crippen molar-refractivity contribution in [2.24, 2.45) is 0 Å². The molecule has 0 fully saturated rings. The first kappa shape index (κ1) is 14.1. The van der Waals surface area contributed by atoms with Gasteiger partial charge in [0.2, 0.25) is 0 Å². The molecule has 1 heterocycles. The molecule has 1 aromatic heterocycles. The summed E-state index contributed by atoms with van der Waals surface area (Å²) in [5.74, 6) is 0. The highest BCUT2D eigenvalue weighted by atomic mass is 15.0. The van der Waals surface area contributed by atoms with Gasteiger partial charge in [0.25, 0.3) is 0 Å². The van der Waals surface area contributed by atoms with Crippen LogP contribution in [0.25, 0.3) is 27.5 Å². The summed E-state index contributed by atoms with van der Waals surface area (Å²) >= 11 is 0. The molecule has 3 heteroatoms. The largest absolute Gasteiger partial charge is 0.309 e. The average molecular weight is 307 g/mol. The summed E-state index contributed by atoms with van der Waals surface area (Å²) in [5.41, 5.74) is 4.91. The number of aromatic nitrogens is 1. The van der Waals surface area contributed by atoms with E-state index in [1.165, 1.54) is 10.8 Å². The highest BCUT2D eigenvalue weighted by molar-refractivity contribution is 6.09. The van der Waals surface area contributed by atoms with E-state index >= 15 is 0 Å². The van der Waals surface area contributed by atoms with Gasteiger partial charge < -0.3 is 4.57 Å². The van der Waals surface area contributed by atoms with Crippen LogP contribution in [-0.4, -0.2) is 4.57 Å². The Morgan fingerprint density at radius 1 is 0.750 bits per heavy atom. The van der Waals surface area contributed by atoms with Gasteiger partial charge in [0, 0.05) is 10.8 Å². The van der Waals surface area contributed by atoms with Crippen molar-refractivity contribution in [2.75, 3.05) is 0 Å². The van der Waals surface area contributed by atoms with Gasteiger partial charge in [0.1, 0.15) is 12.1 Å². The molecule has 0 bridgehead atoms. The number of hydrogen-bond donors (Lipinski definition) is 0. The van der Waals surface area contributed by atoms with Crippen LogP contribution in [-0.2, 0) is 0 Å². The summed E-state index contributed by atoms with van der Waals surface area (Å²) < 4.78 is 2.17. The summed E-state index contributed by atoms with van der Waals surface area (Å²) in [5, 5.41) is 21.0. The van der Waals surface area contributed by atoms with E-state index in [-0.39, 0.29) is 0 Å². The van der Waals surface area contributed by atoms with E-state index in [4.69, 9.17) is 0 Å². The lowest BCUT2D eigenvalue weighted by Gasteiger charge is -2.12. The van der Waals surface area contributed by atoms with Crippen LogP contribution < -0.4 is 0 Å². The number of rotatable bonds is 1. The summed E-state index contributed by atoms with van der Waals surface area (Å²) in [6.07, 6.45) is 0. The standard InChI is InChI=1S/C21H13N3/c1-14-10-15(12-22)16(13-23)11-21(14)24-19-8-4-2-6-17(19)18-7-3-5-9-20(18)24/h2-11H,1H3. The molecule has 112 valence electrons. The molecule has 0 unspecified atom stereocenters. The lowest BCUT2D eigenvalue weighted by molar-refractivity contribution is 1.14. The Balaban J connectivity index is 2.18. The third-order valence-electron chi connectivity index (χ3n) is 4.40. The molecule has 3 aromatic carbocycles. The zero-order valence-corrected chi connectivity index (χ0v) is 13.1. The van der Waals surface area contributed by atoms with E-state index in [1.54, 1.807) is 6.07 Å². The Morgan fingerprint density at radius 3 is 1.79 bits per heavy atom. The van der Waals surface area contributed by atoms with Crippen molar-refractivity contribution in [3.8, 4) is 17.8 Å². The van der Waals surface area contributed by atoms with E-state index in [0.717, 1.165) is 22.3 Å². The van der Waals surface area contributed by atoms with E-state index in [9.17, 15) is 10.5 Å². The Morgan fingerprint density at radius 2 is 1.25 bits per heavy atom. The number of fused-ring (bicyclic) bond motifs is 3. The minimum absolute atomic E-state index is 0.403. The molecule has 0 aliphatic rings. The highest BCUT2D eigenvalue weighted by Gasteiger charge is 2.15. The highest BCUT2D eigenvalue weighted by Crippen LogP contribution is 2.33. The monoisotopic (exact) mass is 307 g/mol. The second kappa shape index (κ2) is 5.26. The number of benzene rings is 3. The normalized spacial score (nSPS) is 10.6. The molecule has 3 nitrogen and oxygen atoms in total. The van der Waals surface area contributed by atoms with Gasteiger partial charge in [0.05, 0.1) is 27.8 Å². The predicted molar refractivity (Wildman–Crippen MR) is 94.9 cm³/mol. The molecule has 0 saturated heterocycles. The fourth-order valence-corrected chi connectivity index (χ4v) is 3.30. The fourth-order valence-electron chi connectivity index (χ4n) is 3.30. The van der Waals surface area contributed by atoms with Gasteiger partial charge in [-0.3, -0.25) is 0 Å². The molecule has 0 aliphatic carbocycles. The van der Waals surface area contributed by atoms with E-state index in [0.29, 0.717) is 11.1 Å². The van der Waals surface area contributed by atoms with Gasteiger partial charge in [0.15, 0.2) is 0 Å². The van der Waals surface area contributed by atoms with Gasteiger partial charge in [-0.15, -0.1) is 0 Å². The van der Waals surface area contributed by atoms with Crippen LogP contribution in [0, 0.1) is 29.6 Å². The maximum Gasteiger partial charge on any atom is 0.101 e. The van der Waals surface area contributed by atoms with Crippen LogP contribution in [0.15, 0.2) is 60.7 Å². The molecule has 4 rings (SSSR count). The number of para-hydroxylation sites is 2. The first-order chi connectivity index (χ1) is 11.7. The van der Waals surface area contributed by atoms with Crippen molar-refractivity contribution >= 4 is 21.8 Å². The van der Waals surface area contributed by atoms with Crippen LogP contribution in [0.4, 0.5) is 0 Å². The number of hydrogen-bond acceptors (Lipinski definition) is 2. The molecule has 0 atom stereocenters. The number of nitrogens with zero attached hydrogens (tertiary/aromatic N) is 3. The smallest absolute Gasteiger partial charge is 0.101 e. The van der Waals surface area contributed by atoms with Crippen LogP contribution in [0.5, 0.6) is 0 Å². The Bertz CT molecular complexity index is 1130. The first-order valence-corrected chi connectivity index (χ1v) is 7.68. The van der Waals surface area contributed by atoms with Crippen LogP contribution in [0.2, 0.25) is 0 Å². The molecule has 0 aliphatic heterocycles. The maximum atomic E-state index is 9.38. The summed E-state index contributed by atoms with van der Waals surface area (Å²) in [7, 11) is 0. The van der Waals surface area contributed by atoms with Crippen molar-refractivity contribution in [3.63, 3.8) is 0 Å². The van der Waals surface area contributed by atoms with Gasteiger partial charge >= 0.3 is 0 Å². The zero-order valence-electron chi connectivity index (χ0n) is 13.1. The van der Waals surface area contributed by atoms with Crippen molar-refractivity contribution in [1.29, 1.82) is 10.5 Å². The van der Waals surface area contributed by atoms with Crippen molar-refractivity contribution in [2.45, 2.75) is 6.92 Å². The quantitative estimate of drug-likeness (QED) is 0.505. The third-order valence-corrected chi connectivity index (χ3v) is 4.40. The molecular weight excluding hydrogens is 294 g/mol. The molecule has 0 N–H and O–H groups in total. The molecule has 0 spiro atoms. The molecule has 0 radical (unpaired) electrons. The Hall–Kier alpha value is -3.56. The minimum atomic E-state index is 0.403. The Kier molecular flexibility index (Phi) is 3.08. The maximum absolute atomic E-state index is 9.38. The summed E-state index contributed by atoms with van der Waals surface area (Å²) in [6, 6.07) is 24.3. The number of nitriles is 2. The van der Waals surface area contributed by atoms with Crippen molar-refractivity contribution in [3.05, 3.63) is 77.4 Å². The SMILES string of the molecule is Cc1cc(C#N)c(C#N)cc1-n1c2ccccc2c2ccccc21. The zero-order chi connectivity index (χ0) is 16.7. The molecule has 4 aromatic rings. The molecular formula is C21H13N3. The lowest BCUT2D eigenvalue weighted by atomic mass is 10.0. The average Bonchev–Trinajstić information content (AvgIpc) is 2.96. The molecule has 0 saturated carbocycles. The van der Waals surface area contributed by atoms with Crippen molar-refractivity contribution in [1.82, 2.24) is 4.57 Å². The van der Waals surface area contributed by atoms with E-state index in [1.807, 2.05) is 37.3 Å². The van der Waals surface area contributed by atoms with Crippen LogP contribution in [0.1, 0.15) is 16.7 Å². The molecule has 24 heavy (non-hydrogen) atoms. The van der Waals surface area contributed by atoms with Gasteiger partial charge in [-0.05, 0) is 36.8 Å². The predicted octanol–water partition coefficient (Wildman–Crippen LogP) is 4.84.